The summed E-state index contributed by atoms with van der Waals surface area (Å²) < 4.78 is 21.8. The summed E-state index contributed by atoms with van der Waals surface area (Å²) >= 11 is 0. The molecule has 3 aliphatic heterocycles. The summed E-state index contributed by atoms with van der Waals surface area (Å²) in [6, 6.07) is 21.4. The van der Waals surface area contributed by atoms with Crippen LogP contribution in [0.3, 0.4) is 0 Å². The Morgan fingerprint density at radius 2 is 1.61 bits per heavy atom. The third kappa shape index (κ3) is 8.41. The van der Waals surface area contributed by atoms with Gasteiger partial charge in [-0.3, -0.25) is 9.59 Å². The Hall–Kier alpha value is -6.94. The highest BCUT2D eigenvalue weighted by Crippen LogP contribution is 2.44. The van der Waals surface area contributed by atoms with Crippen molar-refractivity contribution in [2.24, 2.45) is 17.8 Å². The molecule has 0 spiro atoms. The van der Waals surface area contributed by atoms with Gasteiger partial charge in [-0.2, -0.15) is 0 Å². The number of amides is 4. The Balaban J connectivity index is 0.979. The van der Waals surface area contributed by atoms with Crippen LogP contribution < -0.4 is 15.4 Å². The Kier molecular flexibility index (Phi) is 12.4. The number of aromatic nitrogens is 4. The fourth-order valence-electron chi connectivity index (χ4n) is 9.94. The molecule has 6 aromatic rings. The lowest BCUT2D eigenvalue weighted by Crippen LogP contribution is -2.51. The van der Waals surface area contributed by atoms with Gasteiger partial charge in [0.15, 0.2) is 0 Å². The van der Waals surface area contributed by atoms with E-state index in [9.17, 15) is 19.2 Å². The third-order valence-corrected chi connectivity index (χ3v) is 13.5. The van der Waals surface area contributed by atoms with Crippen molar-refractivity contribution in [1.82, 2.24) is 40.4 Å². The first-order valence-electron chi connectivity index (χ1n) is 22.6. The van der Waals surface area contributed by atoms with Gasteiger partial charge in [-0.1, -0.05) is 75.7 Å². The zero-order valence-electron chi connectivity index (χ0n) is 38.1. The number of imidazole rings is 2. The van der Waals surface area contributed by atoms with Crippen LogP contribution >= 0.6 is 0 Å². The van der Waals surface area contributed by atoms with Crippen molar-refractivity contribution in [3.8, 4) is 28.1 Å². The molecule has 0 bridgehead atoms. The van der Waals surface area contributed by atoms with Crippen LogP contribution in [0.4, 0.5) is 9.59 Å². The number of ether oxygens (including phenoxy) is 4. The van der Waals surface area contributed by atoms with Crippen molar-refractivity contribution in [2.75, 3.05) is 41.0 Å². The van der Waals surface area contributed by atoms with Crippen molar-refractivity contribution in [3.05, 3.63) is 102 Å². The van der Waals surface area contributed by atoms with Gasteiger partial charge in [0.1, 0.15) is 36.1 Å². The smallest absolute Gasteiger partial charge is 0.407 e. The van der Waals surface area contributed by atoms with E-state index in [1.54, 1.807) is 12.0 Å². The van der Waals surface area contributed by atoms with Gasteiger partial charge in [-0.25, -0.2) is 19.6 Å². The lowest BCUT2D eigenvalue weighted by Gasteiger charge is -2.30. The van der Waals surface area contributed by atoms with Gasteiger partial charge in [0.2, 0.25) is 5.91 Å². The number of alkyl carbamates (subject to hydrolysis) is 2. The highest BCUT2D eigenvalue weighted by atomic mass is 16.5. The number of methoxy groups -OCH3 is 3. The summed E-state index contributed by atoms with van der Waals surface area (Å²) in [7, 11) is 4.23. The first kappa shape index (κ1) is 44.3. The van der Waals surface area contributed by atoms with Crippen LogP contribution in [-0.4, -0.2) is 101 Å². The molecule has 16 nitrogen and oxygen atoms in total. The second-order valence-electron chi connectivity index (χ2n) is 17.9. The van der Waals surface area contributed by atoms with Gasteiger partial charge in [0, 0.05) is 37.1 Å². The molecule has 2 saturated heterocycles. The maximum atomic E-state index is 14.4. The lowest BCUT2D eigenvalue weighted by molar-refractivity contribution is -0.136. The van der Waals surface area contributed by atoms with Crippen LogP contribution in [0.2, 0.25) is 0 Å². The number of carbonyl (C=O) groups excluding carboxylic acids is 4. The SMILES string of the molecule is CCC(C)C(NC(=O)OC)C(=O)N1CC(C)CC1c1ncc(-c2ccc3c(c2)COc2cc4c(ccc5[nH]c(C6CC(COC)CN6C(=O)C(NC(=O)OC)c6ccccc6)nc54)cc2-3)[nH]1. The maximum absolute atomic E-state index is 14.4. The first-order valence-corrected chi connectivity index (χ1v) is 22.6. The van der Waals surface area contributed by atoms with Crippen LogP contribution in [-0.2, 0) is 30.4 Å². The maximum Gasteiger partial charge on any atom is 0.407 e. The molecule has 0 saturated carbocycles. The average Bonchev–Trinajstić information content (AvgIpc) is 4.17. The van der Waals surface area contributed by atoms with E-state index >= 15 is 0 Å². The van der Waals surface area contributed by atoms with E-state index in [0.29, 0.717) is 56.4 Å². The minimum absolute atomic E-state index is 0.0579. The number of nitrogens with one attached hydrogen (secondary N) is 4. The molecule has 4 aromatic carbocycles. The molecular formula is C50H56N8O8. The molecule has 0 aliphatic carbocycles. The first-order chi connectivity index (χ1) is 32.0. The Morgan fingerprint density at radius 3 is 2.36 bits per heavy atom. The molecule has 4 amide bonds. The van der Waals surface area contributed by atoms with Crippen molar-refractivity contribution >= 4 is 45.8 Å². The zero-order valence-corrected chi connectivity index (χ0v) is 38.1. The van der Waals surface area contributed by atoms with E-state index in [1.165, 1.54) is 14.2 Å². The minimum Gasteiger partial charge on any atom is -0.488 e. The van der Waals surface area contributed by atoms with Crippen LogP contribution in [0, 0.1) is 17.8 Å². The van der Waals surface area contributed by atoms with Crippen molar-refractivity contribution < 1.29 is 38.1 Å². The van der Waals surface area contributed by atoms with Crippen molar-refractivity contribution in [3.63, 3.8) is 0 Å². The van der Waals surface area contributed by atoms with Gasteiger partial charge >= 0.3 is 12.2 Å². The molecule has 344 valence electrons. The van der Waals surface area contributed by atoms with Crippen LogP contribution in [0.5, 0.6) is 5.75 Å². The van der Waals surface area contributed by atoms with Gasteiger partial charge in [-0.05, 0) is 76.6 Å². The minimum atomic E-state index is -0.956. The molecule has 4 N–H and O–H groups in total. The number of rotatable bonds is 12. The molecule has 0 radical (unpaired) electrons. The topological polar surface area (TPSA) is 193 Å². The van der Waals surface area contributed by atoms with E-state index in [4.69, 9.17) is 28.9 Å². The molecule has 16 heteroatoms. The summed E-state index contributed by atoms with van der Waals surface area (Å²) in [5.41, 5.74) is 7.10. The van der Waals surface area contributed by atoms with E-state index in [-0.39, 0.29) is 35.6 Å². The molecule has 66 heavy (non-hydrogen) atoms. The lowest BCUT2D eigenvalue weighted by atomic mass is 9.92. The third-order valence-electron chi connectivity index (χ3n) is 13.5. The fraction of sp³-hybridized carbons (Fsp3) is 0.400. The summed E-state index contributed by atoms with van der Waals surface area (Å²) in [6.45, 7) is 7.91. The second kappa shape index (κ2) is 18.5. The highest BCUT2D eigenvalue weighted by molar-refractivity contribution is 6.07. The molecule has 9 rings (SSSR count). The fourth-order valence-corrected chi connectivity index (χ4v) is 9.94. The Labute approximate surface area is 382 Å². The second-order valence-corrected chi connectivity index (χ2v) is 17.9. The van der Waals surface area contributed by atoms with Gasteiger partial charge in [-0.15, -0.1) is 0 Å². The number of hydrogen-bond donors (Lipinski definition) is 4. The van der Waals surface area contributed by atoms with Crippen LogP contribution in [0.25, 0.3) is 44.2 Å². The van der Waals surface area contributed by atoms with Gasteiger partial charge in [0.05, 0.1) is 55.8 Å². The monoisotopic (exact) mass is 896 g/mol. The van der Waals surface area contributed by atoms with E-state index in [1.807, 2.05) is 61.3 Å². The van der Waals surface area contributed by atoms with Crippen LogP contribution in [0.15, 0.2) is 79.0 Å². The number of aromatic amines is 2. The van der Waals surface area contributed by atoms with Gasteiger partial charge < -0.3 is 49.3 Å². The summed E-state index contributed by atoms with van der Waals surface area (Å²) in [5, 5.41) is 7.43. The van der Waals surface area contributed by atoms with Crippen LogP contribution in [0.1, 0.15) is 80.9 Å². The number of benzene rings is 4. The number of hydrogen-bond acceptors (Lipinski definition) is 10. The van der Waals surface area contributed by atoms with E-state index in [0.717, 1.165) is 61.9 Å². The Bertz CT molecular complexity index is 2790. The number of nitrogens with zero attached hydrogens (tertiary/aromatic N) is 4. The molecule has 7 atom stereocenters. The molecular weight excluding hydrogens is 841 g/mol. The number of carbonyl (C=O) groups is 4. The zero-order chi connectivity index (χ0) is 46.2. The Morgan fingerprint density at radius 1 is 0.848 bits per heavy atom. The quantitative estimate of drug-likeness (QED) is 0.0936. The number of fused-ring (bicyclic) bond motifs is 6. The summed E-state index contributed by atoms with van der Waals surface area (Å²) in [4.78, 5) is 73.8. The number of likely N-dealkylation sites (tertiary alicyclic amines) is 2. The van der Waals surface area contributed by atoms with Crippen molar-refractivity contribution in [1.29, 1.82) is 0 Å². The van der Waals surface area contributed by atoms with E-state index < -0.39 is 30.3 Å². The van der Waals surface area contributed by atoms with Gasteiger partial charge in [0.25, 0.3) is 5.91 Å². The molecule has 7 unspecified atom stereocenters. The van der Waals surface area contributed by atoms with E-state index in [2.05, 4.69) is 63.9 Å². The molecule has 3 aliphatic rings. The largest absolute Gasteiger partial charge is 0.488 e. The highest BCUT2D eigenvalue weighted by Gasteiger charge is 2.43. The summed E-state index contributed by atoms with van der Waals surface area (Å²) in [5.74, 6) is 1.94. The molecule has 5 heterocycles. The average molecular weight is 897 g/mol. The normalized spacial score (nSPS) is 20.3. The standard InChI is InChI=1S/C50H56N8O8/c1-7-28(3)42(55-49(61)64-5)47(59)57-23-27(2)17-39(57)45-51-22-38(53-45)32-13-15-34-33(19-32)26-66-41-21-35-31(20-36(34)41)14-16-37-44(35)54-46(52-37)40-18-29(25-63-4)24-58(40)48(60)43(56-50(62)65-6)30-11-9-8-10-12-30/h8-16,19-22,27-29,39-40,42-43H,7,17-18,23-26H2,1-6H3,(H,51,53)(H,52,54)(H,55,61)(H,56,62). The summed E-state index contributed by atoms with van der Waals surface area (Å²) in [6.07, 6.45) is 2.58. The van der Waals surface area contributed by atoms with Crippen molar-refractivity contribution in [2.45, 2.75) is 70.8 Å². The predicted octanol–water partition coefficient (Wildman–Crippen LogP) is 7.98. The molecule has 2 fully saturated rings. The number of H-pyrrole nitrogens is 2. The predicted molar refractivity (Wildman–Crippen MR) is 247 cm³/mol. The molecule has 2 aromatic heterocycles.